The molecular formula is C11H16BrN3OS. The van der Waals surface area contributed by atoms with Gasteiger partial charge in [-0.2, -0.15) is 0 Å². The Bertz CT molecular complexity index is 393. The Balaban J connectivity index is 1.93. The molecule has 0 bridgehead atoms. The molecule has 1 aromatic heterocycles. The first-order chi connectivity index (χ1) is 8.06. The second-order valence-electron chi connectivity index (χ2n) is 4.30. The second-order valence-corrected chi connectivity index (χ2v) is 6.67. The fraction of sp³-hybridized carbons (Fsp3) is 0.545. The van der Waals surface area contributed by atoms with E-state index in [1.807, 2.05) is 18.0 Å². The summed E-state index contributed by atoms with van der Waals surface area (Å²) in [7, 11) is 2.10. The van der Waals surface area contributed by atoms with Crippen molar-refractivity contribution in [1.29, 1.82) is 0 Å². The first-order valence-corrected chi connectivity index (χ1v) is 7.17. The van der Waals surface area contributed by atoms with E-state index in [1.54, 1.807) is 0 Å². The summed E-state index contributed by atoms with van der Waals surface area (Å²) in [5.41, 5.74) is 4.06. The number of likely N-dealkylation sites (N-methyl/N-ethyl adjacent to an activating group) is 1. The Kier molecular flexibility index (Phi) is 4.19. The van der Waals surface area contributed by atoms with Crippen LogP contribution in [0.1, 0.15) is 15.2 Å². The molecule has 2 rings (SSSR count). The fourth-order valence-corrected chi connectivity index (χ4v) is 3.11. The van der Waals surface area contributed by atoms with E-state index >= 15 is 0 Å². The highest BCUT2D eigenvalue weighted by Crippen LogP contribution is 2.27. The molecule has 0 aromatic carbocycles. The van der Waals surface area contributed by atoms with E-state index in [9.17, 15) is 4.79 Å². The summed E-state index contributed by atoms with van der Waals surface area (Å²) in [6.45, 7) is 5.75. The first-order valence-electron chi connectivity index (χ1n) is 5.56. The fourth-order valence-electron chi connectivity index (χ4n) is 1.69. The number of amides is 1. The minimum atomic E-state index is -0.00615. The van der Waals surface area contributed by atoms with E-state index in [-0.39, 0.29) is 5.91 Å². The standard InChI is InChI=1S/C11H16BrN3OS/c1-8-7-9(17-10(8)12)11(16)13-15-5-3-14(2)4-6-15/h7H,3-6H2,1-2H3,(H,13,16). The average molecular weight is 318 g/mol. The topological polar surface area (TPSA) is 35.6 Å². The maximum atomic E-state index is 12.0. The van der Waals surface area contributed by atoms with Crippen LogP contribution >= 0.6 is 27.3 Å². The van der Waals surface area contributed by atoms with Gasteiger partial charge in [-0.15, -0.1) is 11.3 Å². The molecule has 1 fully saturated rings. The highest BCUT2D eigenvalue weighted by atomic mass is 79.9. The zero-order valence-corrected chi connectivity index (χ0v) is 12.4. The number of rotatable bonds is 2. The van der Waals surface area contributed by atoms with Crippen LogP contribution in [-0.4, -0.2) is 49.0 Å². The molecule has 1 aromatic rings. The molecule has 94 valence electrons. The van der Waals surface area contributed by atoms with Gasteiger partial charge in [-0.1, -0.05) is 0 Å². The summed E-state index contributed by atoms with van der Waals surface area (Å²) in [5, 5.41) is 1.99. The number of halogens is 1. The number of carbonyl (C=O) groups is 1. The van der Waals surface area contributed by atoms with Gasteiger partial charge in [-0.05, 0) is 41.5 Å². The van der Waals surface area contributed by atoms with Gasteiger partial charge in [0.15, 0.2) is 0 Å². The smallest absolute Gasteiger partial charge is 0.275 e. The second kappa shape index (κ2) is 5.48. The lowest BCUT2D eigenvalue weighted by atomic mass is 10.3. The number of nitrogens with one attached hydrogen (secondary N) is 1. The van der Waals surface area contributed by atoms with E-state index in [0.717, 1.165) is 40.4 Å². The number of piperazine rings is 1. The van der Waals surface area contributed by atoms with Crippen LogP contribution in [0.5, 0.6) is 0 Å². The van der Waals surface area contributed by atoms with Gasteiger partial charge in [0.25, 0.3) is 5.91 Å². The molecule has 0 radical (unpaired) electrons. The molecule has 1 N–H and O–H groups in total. The third-order valence-corrected chi connectivity index (χ3v) is 4.98. The SMILES string of the molecule is Cc1cc(C(=O)NN2CCN(C)CC2)sc1Br. The van der Waals surface area contributed by atoms with Crippen LogP contribution in [0.3, 0.4) is 0 Å². The van der Waals surface area contributed by atoms with Crippen LogP contribution in [0.4, 0.5) is 0 Å². The van der Waals surface area contributed by atoms with Gasteiger partial charge in [0.2, 0.25) is 0 Å². The number of nitrogens with zero attached hydrogens (tertiary/aromatic N) is 2. The molecule has 0 unspecified atom stereocenters. The summed E-state index contributed by atoms with van der Waals surface area (Å²) in [4.78, 5) is 15.0. The van der Waals surface area contributed by atoms with Crippen molar-refractivity contribution in [2.45, 2.75) is 6.92 Å². The molecule has 0 saturated carbocycles. The van der Waals surface area contributed by atoms with Gasteiger partial charge in [-0.25, -0.2) is 5.01 Å². The van der Waals surface area contributed by atoms with Crippen molar-refractivity contribution in [3.8, 4) is 0 Å². The Labute approximate surface area is 114 Å². The Morgan fingerprint density at radius 1 is 1.41 bits per heavy atom. The lowest BCUT2D eigenvalue weighted by Crippen LogP contribution is -2.52. The van der Waals surface area contributed by atoms with Gasteiger partial charge in [-0.3, -0.25) is 10.2 Å². The zero-order chi connectivity index (χ0) is 12.4. The summed E-state index contributed by atoms with van der Waals surface area (Å²) in [6, 6.07) is 1.92. The van der Waals surface area contributed by atoms with Crippen molar-refractivity contribution in [3.63, 3.8) is 0 Å². The zero-order valence-electron chi connectivity index (χ0n) is 9.99. The van der Waals surface area contributed by atoms with E-state index in [2.05, 4.69) is 33.3 Å². The lowest BCUT2D eigenvalue weighted by Gasteiger charge is -2.32. The molecule has 6 heteroatoms. The molecular weight excluding hydrogens is 302 g/mol. The predicted molar refractivity (Wildman–Crippen MR) is 73.3 cm³/mol. The maximum Gasteiger partial charge on any atom is 0.275 e. The number of carbonyl (C=O) groups excluding carboxylic acids is 1. The third-order valence-electron chi connectivity index (χ3n) is 2.84. The van der Waals surface area contributed by atoms with Crippen molar-refractivity contribution < 1.29 is 4.79 Å². The highest BCUT2D eigenvalue weighted by molar-refractivity contribution is 9.11. The number of aryl methyl sites for hydroxylation is 1. The summed E-state index contributed by atoms with van der Waals surface area (Å²) < 4.78 is 1.03. The van der Waals surface area contributed by atoms with E-state index < -0.39 is 0 Å². The first kappa shape index (κ1) is 13.0. The Morgan fingerprint density at radius 2 is 2.06 bits per heavy atom. The average Bonchev–Trinajstić information content (AvgIpc) is 2.63. The van der Waals surface area contributed by atoms with Crippen molar-refractivity contribution in [2.24, 2.45) is 0 Å². The van der Waals surface area contributed by atoms with E-state index in [4.69, 9.17) is 0 Å². The van der Waals surface area contributed by atoms with Gasteiger partial charge in [0.1, 0.15) is 0 Å². The summed E-state index contributed by atoms with van der Waals surface area (Å²) in [5.74, 6) is -0.00615. The Hall–Kier alpha value is -0.430. The number of hydrogen-bond donors (Lipinski definition) is 1. The number of hydrazine groups is 1. The monoisotopic (exact) mass is 317 g/mol. The van der Waals surface area contributed by atoms with Crippen LogP contribution in [0, 0.1) is 6.92 Å². The van der Waals surface area contributed by atoms with Crippen molar-refractivity contribution >= 4 is 33.2 Å². The molecule has 0 aliphatic carbocycles. The van der Waals surface area contributed by atoms with Crippen molar-refractivity contribution in [2.75, 3.05) is 33.2 Å². The molecule has 1 saturated heterocycles. The van der Waals surface area contributed by atoms with E-state index in [1.165, 1.54) is 11.3 Å². The molecule has 1 aliphatic rings. The van der Waals surface area contributed by atoms with Crippen molar-refractivity contribution in [3.05, 3.63) is 20.3 Å². The Morgan fingerprint density at radius 3 is 2.59 bits per heavy atom. The minimum absolute atomic E-state index is 0.00615. The van der Waals surface area contributed by atoms with Crippen LogP contribution in [0.25, 0.3) is 0 Å². The van der Waals surface area contributed by atoms with Gasteiger partial charge >= 0.3 is 0 Å². The molecule has 2 heterocycles. The van der Waals surface area contributed by atoms with E-state index in [0.29, 0.717) is 0 Å². The molecule has 0 atom stereocenters. The highest BCUT2D eigenvalue weighted by Gasteiger charge is 2.18. The molecule has 17 heavy (non-hydrogen) atoms. The quantitative estimate of drug-likeness (QED) is 0.902. The van der Waals surface area contributed by atoms with Crippen LogP contribution in [0.2, 0.25) is 0 Å². The van der Waals surface area contributed by atoms with Gasteiger partial charge in [0, 0.05) is 26.2 Å². The van der Waals surface area contributed by atoms with Gasteiger partial charge < -0.3 is 4.90 Å². The largest absolute Gasteiger partial charge is 0.304 e. The number of thiophene rings is 1. The van der Waals surface area contributed by atoms with Crippen LogP contribution < -0.4 is 5.43 Å². The molecule has 0 spiro atoms. The maximum absolute atomic E-state index is 12.0. The normalized spacial score (nSPS) is 18.3. The number of hydrogen-bond acceptors (Lipinski definition) is 4. The van der Waals surface area contributed by atoms with Crippen molar-refractivity contribution in [1.82, 2.24) is 15.3 Å². The third kappa shape index (κ3) is 3.28. The summed E-state index contributed by atoms with van der Waals surface area (Å²) >= 11 is 4.91. The summed E-state index contributed by atoms with van der Waals surface area (Å²) in [6.07, 6.45) is 0. The minimum Gasteiger partial charge on any atom is -0.304 e. The van der Waals surface area contributed by atoms with Crippen LogP contribution in [0.15, 0.2) is 9.85 Å². The lowest BCUT2D eigenvalue weighted by molar-refractivity contribution is 0.0666. The van der Waals surface area contributed by atoms with Crippen LogP contribution in [-0.2, 0) is 0 Å². The predicted octanol–water partition coefficient (Wildman–Crippen LogP) is 1.71. The molecule has 1 amide bonds. The molecule has 1 aliphatic heterocycles. The molecule has 4 nitrogen and oxygen atoms in total. The van der Waals surface area contributed by atoms with Gasteiger partial charge in [0.05, 0.1) is 8.66 Å².